The Morgan fingerprint density at radius 2 is 2.00 bits per heavy atom. The van der Waals surface area contributed by atoms with Gasteiger partial charge in [0.05, 0.1) is 6.54 Å². The number of rotatable bonds is 5. The number of amides is 4. The molecular formula is C16H28N6O3. The van der Waals surface area contributed by atoms with E-state index in [1.165, 1.54) is 0 Å². The van der Waals surface area contributed by atoms with E-state index < -0.39 is 11.6 Å². The van der Waals surface area contributed by atoms with Crippen molar-refractivity contribution < 1.29 is 14.4 Å². The molecule has 2 aliphatic rings. The van der Waals surface area contributed by atoms with Gasteiger partial charge in [0.1, 0.15) is 5.54 Å². The Morgan fingerprint density at radius 1 is 1.32 bits per heavy atom. The van der Waals surface area contributed by atoms with Gasteiger partial charge in [0.15, 0.2) is 5.96 Å². The number of carbonyl (C=O) groups is 3. The number of hydrogen-bond donors (Lipinski definition) is 4. The second-order valence-corrected chi connectivity index (χ2v) is 6.62. The van der Waals surface area contributed by atoms with Gasteiger partial charge >= 0.3 is 6.03 Å². The van der Waals surface area contributed by atoms with Gasteiger partial charge in [-0.1, -0.05) is 6.92 Å². The van der Waals surface area contributed by atoms with Crippen molar-refractivity contribution in [2.24, 2.45) is 10.9 Å². The van der Waals surface area contributed by atoms with Crippen LogP contribution >= 0.6 is 0 Å². The molecule has 0 aromatic rings. The Balaban J connectivity index is 1.85. The summed E-state index contributed by atoms with van der Waals surface area (Å²) in [7, 11) is 1.68. The predicted octanol–water partition coefficient (Wildman–Crippen LogP) is -0.602. The van der Waals surface area contributed by atoms with Gasteiger partial charge in [0.2, 0.25) is 5.91 Å². The summed E-state index contributed by atoms with van der Waals surface area (Å²) in [6, 6.07) is -0.425. The summed E-state index contributed by atoms with van der Waals surface area (Å²) in [6.45, 7) is 6.04. The minimum atomic E-state index is -0.847. The molecule has 2 fully saturated rings. The van der Waals surface area contributed by atoms with E-state index >= 15 is 0 Å². The molecule has 0 saturated carbocycles. The van der Waals surface area contributed by atoms with Crippen LogP contribution in [0.4, 0.5) is 4.79 Å². The van der Waals surface area contributed by atoms with Gasteiger partial charge in [-0.2, -0.15) is 0 Å². The Labute approximate surface area is 148 Å². The standard InChI is InChI=1S/C16H28N6O3/c1-4-7-18-12(23)10-19-14(17-3)22-8-5-11(6-9-22)16(2)13(24)20-15(25)21-16/h11H,4-10H2,1-3H3,(H,17,19)(H,18,23)(H2,20,21,24,25). The largest absolute Gasteiger partial charge is 0.355 e. The summed E-state index contributed by atoms with van der Waals surface area (Å²) in [5.41, 5.74) is -0.847. The Bertz CT molecular complexity index is 556. The quantitative estimate of drug-likeness (QED) is 0.300. The lowest BCUT2D eigenvalue weighted by molar-refractivity contribution is -0.125. The molecule has 2 saturated heterocycles. The number of hydrogen-bond acceptors (Lipinski definition) is 4. The first kappa shape index (κ1) is 19.0. The third kappa shape index (κ3) is 4.40. The van der Waals surface area contributed by atoms with Crippen molar-refractivity contribution in [3.63, 3.8) is 0 Å². The van der Waals surface area contributed by atoms with Gasteiger partial charge in [-0.15, -0.1) is 0 Å². The highest BCUT2D eigenvalue weighted by atomic mass is 16.2. The predicted molar refractivity (Wildman–Crippen MR) is 94.0 cm³/mol. The molecule has 2 aliphatic heterocycles. The van der Waals surface area contributed by atoms with Gasteiger partial charge in [0.25, 0.3) is 5.91 Å². The minimum Gasteiger partial charge on any atom is -0.355 e. The third-order valence-electron chi connectivity index (χ3n) is 4.87. The van der Waals surface area contributed by atoms with Gasteiger partial charge in [0, 0.05) is 26.7 Å². The van der Waals surface area contributed by atoms with Crippen molar-refractivity contribution in [3.8, 4) is 0 Å². The molecule has 0 spiro atoms. The van der Waals surface area contributed by atoms with Gasteiger partial charge < -0.3 is 20.9 Å². The van der Waals surface area contributed by atoms with Crippen molar-refractivity contribution in [3.05, 3.63) is 0 Å². The molecule has 25 heavy (non-hydrogen) atoms. The normalized spacial score (nSPS) is 24.8. The fourth-order valence-corrected chi connectivity index (χ4v) is 3.33. The Kier molecular flexibility index (Phi) is 6.22. The first-order valence-electron chi connectivity index (χ1n) is 8.76. The zero-order valence-electron chi connectivity index (χ0n) is 15.1. The molecule has 0 radical (unpaired) electrons. The van der Waals surface area contributed by atoms with Crippen LogP contribution in [0.1, 0.15) is 33.1 Å². The zero-order chi connectivity index (χ0) is 18.4. The molecule has 9 heteroatoms. The molecule has 0 bridgehead atoms. The van der Waals surface area contributed by atoms with Crippen LogP contribution in [0, 0.1) is 5.92 Å². The number of aliphatic imine (C=N–C) groups is 1. The highest BCUT2D eigenvalue weighted by molar-refractivity contribution is 6.07. The average molecular weight is 352 g/mol. The second kappa shape index (κ2) is 8.17. The number of urea groups is 1. The summed E-state index contributed by atoms with van der Waals surface area (Å²) < 4.78 is 0. The molecular weight excluding hydrogens is 324 g/mol. The number of imide groups is 1. The van der Waals surface area contributed by atoms with E-state index in [-0.39, 0.29) is 24.3 Å². The van der Waals surface area contributed by atoms with Crippen molar-refractivity contribution in [2.45, 2.75) is 38.6 Å². The monoisotopic (exact) mass is 352 g/mol. The lowest BCUT2D eigenvalue weighted by Crippen LogP contribution is -2.55. The molecule has 9 nitrogen and oxygen atoms in total. The van der Waals surface area contributed by atoms with Crippen LogP contribution in [0.5, 0.6) is 0 Å². The molecule has 0 aliphatic carbocycles. The van der Waals surface area contributed by atoms with Crippen LogP contribution in [-0.4, -0.2) is 67.5 Å². The third-order valence-corrected chi connectivity index (χ3v) is 4.87. The molecule has 0 aromatic carbocycles. The van der Waals surface area contributed by atoms with E-state index in [0.717, 1.165) is 19.3 Å². The summed E-state index contributed by atoms with van der Waals surface area (Å²) >= 11 is 0. The van der Waals surface area contributed by atoms with E-state index in [9.17, 15) is 14.4 Å². The molecule has 2 heterocycles. The van der Waals surface area contributed by atoms with Crippen LogP contribution in [0.3, 0.4) is 0 Å². The van der Waals surface area contributed by atoms with Gasteiger partial charge in [-0.05, 0) is 32.1 Å². The van der Waals surface area contributed by atoms with Crippen molar-refractivity contribution in [1.29, 1.82) is 0 Å². The van der Waals surface area contributed by atoms with E-state index in [1.807, 2.05) is 6.92 Å². The molecule has 140 valence electrons. The fraction of sp³-hybridized carbons (Fsp3) is 0.750. The van der Waals surface area contributed by atoms with E-state index in [2.05, 4.69) is 31.2 Å². The molecule has 4 N–H and O–H groups in total. The van der Waals surface area contributed by atoms with Crippen LogP contribution in [0.15, 0.2) is 4.99 Å². The summed E-state index contributed by atoms with van der Waals surface area (Å²) in [4.78, 5) is 41.5. The molecule has 1 atom stereocenters. The first-order valence-corrected chi connectivity index (χ1v) is 8.76. The number of piperidine rings is 1. The van der Waals surface area contributed by atoms with Crippen molar-refractivity contribution in [1.82, 2.24) is 26.2 Å². The molecule has 4 amide bonds. The lowest BCUT2D eigenvalue weighted by Gasteiger charge is -2.39. The van der Waals surface area contributed by atoms with Crippen LogP contribution < -0.4 is 21.3 Å². The summed E-state index contributed by atoms with van der Waals surface area (Å²) in [5, 5.41) is 11.0. The number of guanidine groups is 1. The van der Waals surface area contributed by atoms with E-state index in [0.29, 0.717) is 25.6 Å². The lowest BCUT2D eigenvalue weighted by atomic mass is 9.79. The smallest absolute Gasteiger partial charge is 0.322 e. The SMILES string of the molecule is CCCNC(=O)CNC(=NC)N1CCC(C2(C)NC(=O)NC2=O)CC1. The number of nitrogens with one attached hydrogen (secondary N) is 4. The fourth-order valence-electron chi connectivity index (χ4n) is 3.33. The number of likely N-dealkylation sites (tertiary alicyclic amines) is 1. The van der Waals surface area contributed by atoms with E-state index in [4.69, 9.17) is 0 Å². The number of nitrogens with zero attached hydrogens (tertiary/aromatic N) is 2. The van der Waals surface area contributed by atoms with Gasteiger partial charge in [-0.25, -0.2) is 4.79 Å². The summed E-state index contributed by atoms with van der Waals surface area (Å²) in [6.07, 6.45) is 2.41. The second-order valence-electron chi connectivity index (χ2n) is 6.62. The minimum absolute atomic E-state index is 0.0595. The zero-order valence-corrected chi connectivity index (χ0v) is 15.1. The average Bonchev–Trinajstić information content (AvgIpc) is 2.87. The molecule has 1 unspecified atom stereocenters. The van der Waals surface area contributed by atoms with Crippen LogP contribution in [0.2, 0.25) is 0 Å². The van der Waals surface area contributed by atoms with Crippen molar-refractivity contribution in [2.75, 3.05) is 33.2 Å². The van der Waals surface area contributed by atoms with E-state index in [1.54, 1.807) is 14.0 Å². The Morgan fingerprint density at radius 3 is 2.52 bits per heavy atom. The highest BCUT2D eigenvalue weighted by Gasteiger charge is 2.48. The summed E-state index contributed by atoms with van der Waals surface area (Å²) in [5.74, 6) is 0.429. The first-order chi connectivity index (χ1) is 11.9. The molecule has 0 aromatic heterocycles. The topological polar surface area (TPSA) is 115 Å². The van der Waals surface area contributed by atoms with Crippen LogP contribution in [-0.2, 0) is 9.59 Å². The number of carbonyl (C=O) groups excluding carboxylic acids is 3. The molecule has 2 rings (SSSR count). The maximum Gasteiger partial charge on any atom is 0.322 e. The van der Waals surface area contributed by atoms with Crippen molar-refractivity contribution >= 4 is 23.8 Å². The maximum absolute atomic E-state index is 12.1. The maximum atomic E-state index is 12.1. The van der Waals surface area contributed by atoms with Gasteiger partial charge in [-0.3, -0.25) is 19.9 Å². The highest BCUT2D eigenvalue weighted by Crippen LogP contribution is 2.30. The Hall–Kier alpha value is -2.32. The van der Waals surface area contributed by atoms with Crippen LogP contribution in [0.25, 0.3) is 0 Å².